The number of rotatable bonds is 4. The average Bonchev–Trinajstić information content (AvgIpc) is 2.72. The van der Waals surface area contributed by atoms with Crippen molar-refractivity contribution in [3.63, 3.8) is 0 Å². The van der Waals surface area contributed by atoms with Gasteiger partial charge in [0, 0.05) is 5.56 Å². The molecule has 3 N–H and O–H groups in total. The molecule has 0 bridgehead atoms. The molecule has 0 unspecified atom stereocenters. The summed E-state index contributed by atoms with van der Waals surface area (Å²) < 4.78 is 0. The smallest absolute Gasteiger partial charge is 0.285 e. The summed E-state index contributed by atoms with van der Waals surface area (Å²) in [5.41, 5.74) is 5.67. The van der Waals surface area contributed by atoms with Gasteiger partial charge in [0.1, 0.15) is 12.6 Å². The summed E-state index contributed by atoms with van der Waals surface area (Å²) in [6, 6.07) is 14.1. The highest BCUT2D eigenvalue weighted by Gasteiger charge is 2.32. The summed E-state index contributed by atoms with van der Waals surface area (Å²) in [5, 5.41) is 4.94. The Morgan fingerprint density at radius 2 is 1.82 bits per heavy atom. The Hall–Kier alpha value is -2.66. The van der Waals surface area contributed by atoms with Gasteiger partial charge in [-0.25, -0.2) is 0 Å². The van der Waals surface area contributed by atoms with Crippen LogP contribution in [0.5, 0.6) is 0 Å². The van der Waals surface area contributed by atoms with Crippen molar-refractivity contribution in [2.45, 2.75) is 51.6 Å². The molecule has 1 heterocycles. The van der Waals surface area contributed by atoms with Gasteiger partial charge in [0.25, 0.3) is 5.91 Å². The van der Waals surface area contributed by atoms with Crippen LogP contribution in [-0.2, 0) is 22.4 Å². The van der Waals surface area contributed by atoms with Crippen LogP contribution in [0.2, 0.25) is 0 Å². The van der Waals surface area contributed by atoms with Crippen molar-refractivity contribution in [2.24, 2.45) is 0 Å². The maximum absolute atomic E-state index is 13.1. The van der Waals surface area contributed by atoms with E-state index in [4.69, 9.17) is 0 Å². The number of hydrogen-bond acceptors (Lipinski definition) is 2. The van der Waals surface area contributed by atoms with E-state index in [1.165, 1.54) is 36.0 Å². The number of nitrogens with zero attached hydrogens (tertiary/aromatic N) is 1. The van der Waals surface area contributed by atoms with E-state index in [9.17, 15) is 9.59 Å². The Morgan fingerprint density at radius 3 is 2.64 bits per heavy atom. The molecule has 1 aliphatic carbocycles. The normalized spacial score (nSPS) is 17.9. The summed E-state index contributed by atoms with van der Waals surface area (Å²) >= 11 is 0. The maximum Gasteiger partial charge on any atom is 0.285 e. The van der Waals surface area contributed by atoms with E-state index in [1.54, 1.807) is 4.90 Å². The SMILES string of the molecule is C[C@H]([NH2+][C@@H](C)c1ccc2c(c1)CCCC2)C(=O)N1CC(=O)Nc2ccccc21. The van der Waals surface area contributed by atoms with E-state index >= 15 is 0 Å². The number of amides is 2. The second-order valence-electron chi connectivity index (χ2n) is 7.99. The predicted octanol–water partition coefficient (Wildman–Crippen LogP) is 2.56. The lowest BCUT2D eigenvalue weighted by molar-refractivity contribution is -0.710. The number of anilines is 2. The third-order valence-corrected chi connectivity index (χ3v) is 5.90. The zero-order chi connectivity index (χ0) is 19.7. The molecule has 5 nitrogen and oxygen atoms in total. The molecule has 0 saturated heterocycles. The molecule has 2 aromatic carbocycles. The van der Waals surface area contributed by atoms with Gasteiger partial charge in [-0.15, -0.1) is 0 Å². The molecule has 146 valence electrons. The first-order chi connectivity index (χ1) is 13.5. The van der Waals surface area contributed by atoms with E-state index in [2.05, 4.69) is 35.8 Å². The first-order valence-corrected chi connectivity index (χ1v) is 10.2. The van der Waals surface area contributed by atoms with Crippen LogP contribution in [0.3, 0.4) is 0 Å². The van der Waals surface area contributed by atoms with Crippen LogP contribution < -0.4 is 15.5 Å². The van der Waals surface area contributed by atoms with Crippen molar-refractivity contribution >= 4 is 23.2 Å². The second-order valence-corrected chi connectivity index (χ2v) is 7.99. The highest BCUT2D eigenvalue weighted by atomic mass is 16.2. The van der Waals surface area contributed by atoms with Crippen molar-refractivity contribution in [3.05, 3.63) is 59.2 Å². The number of carbonyl (C=O) groups is 2. The topological polar surface area (TPSA) is 66.0 Å². The number of aryl methyl sites for hydroxylation is 2. The van der Waals surface area contributed by atoms with Gasteiger partial charge < -0.3 is 10.6 Å². The standard InChI is InChI=1S/C23H27N3O2/c1-15(18-12-11-17-7-3-4-8-19(17)13-18)24-16(2)23(28)26-14-22(27)25-20-9-5-6-10-21(20)26/h5-6,9-13,15-16,24H,3-4,7-8,14H2,1-2H3,(H,25,27)/p+1/t15-,16-/m0/s1. The van der Waals surface area contributed by atoms with Gasteiger partial charge in [-0.3, -0.25) is 14.5 Å². The van der Waals surface area contributed by atoms with Crippen molar-refractivity contribution in [1.29, 1.82) is 0 Å². The minimum absolute atomic E-state index is 0.0351. The summed E-state index contributed by atoms with van der Waals surface area (Å²) in [7, 11) is 0. The van der Waals surface area contributed by atoms with Gasteiger partial charge >= 0.3 is 0 Å². The fraction of sp³-hybridized carbons (Fsp3) is 0.391. The fourth-order valence-corrected chi connectivity index (χ4v) is 4.34. The van der Waals surface area contributed by atoms with E-state index in [0.29, 0.717) is 5.69 Å². The molecule has 0 saturated carbocycles. The lowest BCUT2D eigenvalue weighted by Crippen LogP contribution is -2.92. The van der Waals surface area contributed by atoms with Crippen LogP contribution in [-0.4, -0.2) is 24.4 Å². The minimum Gasteiger partial charge on any atom is -0.330 e. The van der Waals surface area contributed by atoms with Crippen molar-refractivity contribution in [3.8, 4) is 0 Å². The molecule has 2 atom stereocenters. The van der Waals surface area contributed by atoms with Gasteiger partial charge in [-0.05, 0) is 68.9 Å². The molecule has 2 aliphatic rings. The number of fused-ring (bicyclic) bond motifs is 2. The number of carbonyl (C=O) groups excluding carboxylic acids is 2. The fourth-order valence-electron chi connectivity index (χ4n) is 4.34. The molecule has 0 radical (unpaired) electrons. The first-order valence-electron chi connectivity index (χ1n) is 10.2. The number of quaternary nitrogens is 1. The lowest BCUT2D eigenvalue weighted by atomic mass is 9.89. The Balaban J connectivity index is 1.48. The van der Waals surface area contributed by atoms with Gasteiger partial charge in [0.05, 0.1) is 11.4 Å². The molecule has 28 heavy (non-hydrogen) atoms. The second kappa shape index (κ2) is 7.76. The summed E-state index contributed by atoms with van der Waals surface area (Å²) in [5.74, 6) is -0.186. The first kappa shape index (κ1) is 18.7. The van der Waals surface area contributed by atoms with Crippen molar-refractivity contribution in [2.75, 3.05) is 16.8 Å². The molecule has 5 heteroatoms. The Labute approximate surface area is 166 Å². The molecule has 4 rings (SSSR count). The van der Waals surface area contributed by atoms with Gasteiger partial charge in [-0.2, -0.15) is 0 Å². The van der Waals surface area contributed by atoms with Gasteiger partial charge in [0.2, 0.25) is 5.91 Å². The highest BCUT2D eigenvalue weighted by Crippen LogP contribution is 2.29. The molecule has 0 aromatic heterocycles. The largest absolute Gasteiger partial charge is 0.330 e. The third kappa shape index (κ3) is 3.67. The Morgan fingerprint density at radius 1 is 1.07 bits per heavy atom. The highest BCUT2D eigenvalue weighted by molar-refractivity contribution is 6.10. The quantitative estimate of drug-likeness (QED) is 0.859. The van der Waals surface area contributed by atoms with Crippen LogP contribution in [0.15, 0.2) is 42.5 Å². The number of nitrogens with two attached hydrogens (primary N) is 1. The average molecular weight is 378 g/mol. The summed E-state index contributed by atoms with van der Waals surface area (Å²) in [4.78, 5) is 26.8. The predicted molar refractivity (Wildman–Crippen MR) is 110 cm³/mol. The number of nitrogens with one attached hydrogen (secondary N) is 1. The molecule has 2 aromatic rings. The molecular weight excluding hydrogens is 350 g/mol. The van der Waals surface area contributed by atoms with Crippen LogP contribution in [0, 0.1) is 0 Å². The van der Waals surface area contributed by atoms with Crippen LogP contribution in [0.1, 0.15) is 49.4 Å². The van der Waals surface area contributed by atoms with E-state index in [1.807, 2.05) is 31.2 Å². The maximum atomic E-state index is 13.1. The van der Waals surface area contributed by atoms with E-state index in [0.717, 1.165) is 12.1 Å². The van der Waals surface area contributed by atoms with Crippen molar-refractivity contribution < 1.29 is 14.9 Å². The zero-order valence-electron chi connectivity index (χ0n) is 16.6. The summed E-state index contributed by atoms with van der Waals surface area (Å²) in [6.07, 6.45) is 4.88. The van der Waals surface area contributed by atoms with Crippen molar-refractivity contribution in [1.82, 2.24) is 0 Å². The van der Waals surface area contributed by atoms with Crippen LogP contribution in [0.25, 0.3) is 0 Å². The molecule has 0 spiro atoms. The molecular formula is C23H28N3O2+. The van der Waals surface area contributed by atoms with E-state index < -0.39 is 0 Å². The zero-order valence-corrected chi connectivity index (χ0v) is 16.6. The van der Waals surface area contributed by atoms with Gasteiger partial charge in [-0.1, -0.05) is 24.3 Å². The van der Waals surface area contributed by atoms with Crippen LogP contribution in [0.4, 0.5) is 11.4 Å². The van der Waals surface area contributed by atoms with E-state index in [-0.39, 0.29) is 30.4 Å². The van der Waals surface area contributed by atoms with Crippen LogP contribution >= 0.6 is 0 Å². The Bertz CT molecular complexity index is 908. The molecule has 1 aliphatic heterocycles. The Kier molecular flexibility index (Phi) is 5.18. The third-order valence-electron chi connectivity index (χ3n) is 5.90. The number of benzene rings is 2. The van der Waals surface area contributed by atoms with Gasteiger partial charge in [0.15, 0.2) is 6.04 Å². The number of hydrogen-bond donors (Lipinski definition) is 2. The minimum atomic E-state index is -0.273. The molecule has 2 amide bonds. The lowest BCUT2D eigenvalue weighted by Gasteiger charge is -2.31. The summed E-state index contributed by atoms with van der Waals surface area (Å²) in [6.45, 7) is 4.14. The number of para-hydroxylation sites is 2. The molecule has 0 fully saturated rings. The monoisotopic (exact) mass is 378 g/mol.